The van der Waals surface area contributed by atoms with Gasteiger partial charge >= 0.3 is 0 Å². The van der Waals surface area contributed by atoms with E-state index in [4.69, 9.17) is 0 Å². The first-order valence-corrected chi connectivity index (χ1v) is 8.29. The van der Waals surface area contributed by atoms with Crippen molar-refractivity contribution in [3.8, 4) is 11.5 Å². The predicted octanol–water partition coefficient (Wildman–Crippen LogP) is 1.99. The zero-order chi connectivity index (χ0) is 17.8. The quantitative estimate of drug-likeness (QED) is 0.494. The Balaban J connectivity index is 1.31. The van der Waals surface area contributed by atoms with Crippen LogP contribution in [0, 0.1) is 0 Å². The van der Waals surface area contributed by atoms with E-state index >= 15 is 0 Å². The number of rotatable bonds is 6. The van der Waals surface area contributed by atoms with Gasteiger partial charge < -0.3 is 10.3 Å². The molecule has 26 heavy (non-hydrogen) atoms. The number of aromatic amines is 2. The third-order valence-corrected chi connectivity index (χ3v) is 4.07. The summed E-state index contributed by atoms with van der Waals surface area (Å²) in [6.07, 6.45) is 7.81. The van der Waals surface area contributed by atoms with Crippen molar-refractivity contribution in [1.29, 1.82) is 0 Å². The van der Waals surface area contributed by atoms with Crippen molar-refractivity contribution in [2.24, 2.45) is 0 Å². The monoisotopic (exact) mass is 347 g/mol. The summed E-state index contributed by atoms with van der Waals surface area (Å²) in [4.78, 5) is 27.8. The van der Waals surface area contributed by atoms with Gasteiger partial charge in [-0.1, -0.05) is 18.2 Å². The normalized spacial score (nSPS) is 10.9. The number of fused-ring (bicyclic) bond motifs is 1. The molecule has 0 unspecified atom stereocenters. The van der Waals surface area contributed by atoms with Crippen molar-refractivity contribution >= 4 is 16.8 Å². The number of carbonyl (C=O) groups is 1. The van der Waals surface area contributed by atoms with E-state index in [1.165, 1.54) is 0 Å². The number of hydrogen-bond donors (Lipinski definition) is 3. The van der Waals surface area contributed by atoms with E-state index in [0.717, 1.165) is 16.5 Å². The van der Waals surface area contributed by atoms with Crippen LogP contribution in [0.5, 0.6) is 0 Å². The molecule has 4 aromatic rings. The highest BCUT2D eigenvalue weighted by Crippen LogP contribution is 2.18. The molecule has 8 heteroatoms. The largest absolute Gasteiger partial charge is 0.361 e. The van der Waals surface area contributed by atoms with E-state index in [0.29, 0.717) is 36.7 Å². The lowest BCUT2D eigenvalue weighted by atomic mass is 10.1. The van der Waals surface area contributed by atoms with E-state index in [2.05, 4.69) is 41.5 Å². The van der Waals surface area contributed by atoms with Gasteiger partial charge in [0.1, 0.15) is 11.5 Å². The summed E-state index contributed by atoms with van der Waals surface area (Å²) >= 11 is 0. The van der Waals surface area contributed by atoms with Crippen LogP contribution in [-0.2, 0) is 17.8 Å². The lowest BCUT2D eigenvalue weighted by Crippen LogP contribution is -2.23. The second kappa shape index (κ2) is 7.14. The molecule has 0 saturated carbocycles. The van der Waals surface area contributed by atoms with E-state index in [-0.39, 0.29) is 5.91 Å². The van der Waals surface area contributed by atoms with Crippen LogP contribution in [0.4, 0.5) is 0 Å². The number of para-hydroxylation sites is 1. The second-order valence-electron chi connectivity index (χ2n) is 5.83. The summed E-state index contributed by atoms with van der Waals surface area (Å²) in [7, 11) is 0. The maximum absolute atomic E-state index is 12.1. The van der Waals surface area contributed by atoms with Gasteiger partial charge in [-0.2, -0.15) is 5.10 Å². The molecule has 0 spiro atoms. The van der Waals surface area contributed by atoms with Crippen molar-refractivity contribution < 1.29 is 4.79 Å². The SMILES string of the molecule is O=C(CCc1c[nH]c2ccccc12)NCc1nc(-c2cnccn2)n[nH]1. The lowest BCUT2D eigenvalue weighted by Gasteiger charge is -2.02. The van der Waals surface area contributed by atoms with E-state index in [1.54, 1.807) is 18.6 Å². The molecule has 1 aromatic carbocycles. The number of benzene rings is 1. The first-order valence-electron chi connectivity index (χ1n) is 8.29. The van der Waals surface area contributed by atoms with Crippen molar-refractivity contribution in [3.63, 3.8) is 0 Å². The Hall–Kier alpha value is -3.55. The van der Waals surface area contributed by atoms with Crippen LogP contribution in [-0.4, -0.2) is 36.0 Å². The molecule has 3 heterocycles. The molecule has 0 radical (unpaired) electrons. The number of hydrogen-bond acceptors (Lipinski definition) is 5. The molecule has 3 aromatic heterocycles. The molecule has 0 aliphatic rings. The second-order valence-corrected chi connectivity index (χ2v) is 5.83. The molecule has 3 N–H and O–H groups in total. The zero-order valence-electron chi connectivity index (χ0n) is 13.9. The van der Waals surface area contributed by atoms with Crippen LogP contribution in [0.15, 0.2) is 49.1 Å². The standard InChI is InChI=1S/C18H17N7O/c26-17(6-5-12-9-21-14-4-2-1-3-13(12)14)22-11-16-23-18(25-24-16)15-10-19-7-8-20-15/h1-4,7-10,21H,5-6,11H2,(H,22,26)(H,23,24,25). The average molecular weight is 347 g/mol. The van der Waals surface area contributed by atoms with E-state index in [1.807, 2.05) is 24.4 Å². The highest BCUT2D eigenvalue weighted by Gasteiger charge is 2.10. The maximum atomic E-state index is 12.1. The molecular weight excluding hydrogens is 330 g/mol. The summed E-state index contributed by atoms with van der Waals surface area (Å²) in [5.74, 6) is 1.000. The van der Waals surface area contributed by atoms with Crippen LogP contribution in [0.1, 0.15) is 17.8 Å². The number of H-pyrrole nitrogens is 2. The Morgan fingerprint density at radius 2 is 2.12 bits per heavy atom. The Kier molecular flexibility index (Phi) is 4.38. The first kappa shape index (κ1) is 15.9. The van der Waals surface area contributed by atoms with Gasteiger partial charge in [0, 0.05) is 35.9 Å². The Morgan fingerprint density at radius 1 is 1.19 bits per heavy atom. The van der Waals surface area contributed by atoms with Gasteiger partial charge in [0.05, 0.1) is 12.7 Å². The summed E-state index contributed by atoms with van der Waals surface area (Å²) in [5.41, 5.74) is 2.81. The Labute approximate surface area is 149 Å². The van der Waals surface area contributed by atoms with E-state index < -0.39 is 0 Å². The number of carbonyl (C=O) groups excluding carboxylic acids is 1. The molecule has 0 aliphatic heterocycles. The smallest absolute Gasteiger partial charge is 0.220 e. The van der Waals surface area contributed by atoms with Crippen LogP contribution in [0.25, 0.3) is 22.4 Å². The number of nitrogens with zero attached hydrogens (tertiary/aromatic N) is 4. The Bertz CT molecular complexity index is 1020. The molecule has 0 saturated heterocycles. The molecule has 0 aliphatic carbocycles. The van der Waals surface area contributed by atoms with Gasteiger partial charge in [-0.3, -0.25) is 14.9 Å². The molecule has 0 bridgehead atoms. The minimum Gasteiger partial charge on any atom is -0.361 e. The molecular formula is C18H17N7O. The van der Waals surface area contributed by atoms with Crippen molar-refractivity contribution in [3.05, 3.63) is 60.4 Å². The number of amides is 1. The Morgan fingerprint density at radius 3 is 3.00 bits per heavy atom. The first-order chi connectivity index (χ1) is 12.8. The van der Waals surface area contributed by atoms with Crippen molar-refractivity contribution in [2.45, 2.75) is 19.4 Å². The van der Waals surface area contributed by atoms with Crippen LogP contribution >= 0.6 is 0 Å². The summed E-state index contributed by atoms with van der Waals surface area (Å²) in [6, 6.07) is 8.07. The highest BCUT2D eigenvalue weighted by atomic mass is 16.1. The lowest BCUT2D eigenvalue weighted by molar-refractivity contribution is -0.121. The van der Waals surface area contributed by atoms with Gasteiger partial charge in [0.2, 0.25) is 11.7 Å². The zero-order valence-corrected chi connectivity index (χ0v) is 13.9. The van der Waals surface area contributed by atoms with Crippen LogP contribution in [0.3, 0.4) is 0 Å². The average Bonchev–Trinajstić information content (AvgIpc) is 3.33. The molecule has 4 rings (SSSR count). The minimum absolute atomic E-state index is 0.0345. The van der Waals surface area contributed by atoms with Crippen LogP contribution < -0.4 is 5.32 Å². The third-order valence-electron chi connectivity index (χ3n) is 4.07. The fraction of sp³-hybridized carbons (Fsp3) is 0.167. The number of aromatic nitrogens is 6. The summed E-state index contributed by atoms with van der Waals surface area (Å²) in [5, 5.41) is 10.9. The van der Waals surface area contributed by atoms with Crippen molar-refractivity contribution in [2.75, 3.05) is 0 Å². The van der Waals surface area contributed by atoms with Gasteiger partial charge in [-0.15, -0.1) is 0 Å². The third kappa shape index (κ3) is 3.44. The highest BCUT2D eigenvalue weighted by molar-refractivity contribution is 5.84. The number of nitrogens with one attached hydrogen (secondary N) is 3. The molecule has 1 amide bonds. The fourth-order valence-electron chi connectivity index (χ4n) is 2.76. The van der Waals surface area contributed by atoms with Crippen molar-refractivity contribution in [1.82, 2.24) is 35.5 Å². The van der Waals surface area contributed by atoms with E-state index in [9.17, 15) is 4.79 Å². The molecule has 0 fully saturated rings. The molecule has 130 valence electrons. The van der Waals surface area contributed by atoms with Gasteiger partial charge in [0.15, 0.2) is 0 Å². The van der Waals surface area contributed by atoms with Gasteiger partial charge in [0.25, 0.3) is 0 Å². The molecule has 8 nitrogen and oxygen atoms in total. The van der Waals surface area contributed by atoms with Crippen LogP contribution in [0.2, 0.25) is 0 Å². The summed E-state index contributed by atoms with van der Waals surface area (Å²) < 4.78 is 0. The maximum Gasteiger partial charge on any atom is 0.220 e. The number of aryl methyl sites for hydroxylation is 1. The topological polar surface area (TPSA) is 112 Å². The van der Waals surface area contributed by atoms with Gasteiger partial charge in [-0.05, 0) is 18.1 Å². The predicted molar refractivity (Wildman–Crippen MR) is 95.9 cm³/mol. The minimum atomic E-state index is -0.0345. The van der Waals surface area contributed by atoms with Gasteiger partial charge in [-0.25, -0.2) is 9.97 Å². The summed E-state index contributed by atoms with van der Waals surface area (Å²) in [6.45, 7) is 0.292. The fourth-order valence-corrected chi connectivity index (χ4v) is 2.76. The molecule has 0 atom stereocenters.